The van der Waals surface area contributed by atoms with E-state index in [4.69, 9.17) is 0 Å². The molecule has 0 saturated heterocycles. The Balaban J connectivity index is 1.39. The Morgan fingerprint density at radius 2 is 1.78 bits per heavy atom. The summed E-state index contributed by atoms with van der Waals surface area (Å²) in [4.78, 5) is 16.3. The molecule has 160 valence electrons. The van der Waals surface area contributed by atoms with E-state index in [1.54, 1.807) is 24.2 Å². The second kappa shape index (κ2) is 8.96. The number of benzene rings is 2. The van der Waals surface area contributed by atoms with Crippen molar-refractivity contribution in [3.05, 3.63) is 89.7 Å². The van der Waals surface area contributed by atoms with Gasteiger partial charge in [-0.25, -0.2) is 0 Å². The van der Waals surface area contributed by atoms with Gasteiger partial charge in [0.1, 0.15) is 0 Å². The van der Waals surface area contributed by atoms with Gasteiger partial charge in [-0.3, -0.25) is 14.3 Å². The number of nitrogens with zero attached hydrogens (tertiary/aromatic N) is 4. The van der Waals surface area contributed by atoms with Crippen LogP contribution in [0.25, 0.3) is 17.1 Å². The highest BCUT2D eigenvalue weighted by molar-refractivity contribution is 7.98. The summed E-state index contributed by atoms with van der Waals surface area (Å²) < 4.78 is 2.10. The first kappa shape index (κ1) is 20.5. The van der Waals surface area contributed by atoms with Gasteiger partial charge >= 0.3 is 0 Å². The van der Waals surface area contributed by atoms with Gasteiger partial charge < -0.3 is 5.32 Å². The van der Waals surface area contributed by atoms with E-state index in [0.29, 0.717) is 11.6 Å². The molecule has 0 spiro atoms. The highest BCUT2D eigenvalue weighted by atomic mass is 32.2. The average molecular weight is 442 g/mol. The van der Waals surface area contributed by atoms with E-state index in [1.807, 2.05) is 48.5 Å². The van der Waals surface area contributed by atoms with Gasteiger partial charge in [0.15, 0.2) is 11.0 Å². The molecule has 0 radical (unpaired) electrons. The first-order valence-corrected chi connectivity index (χ1v) is 11.6. The predicted octanol–water partition coefficient (Wildman–Crippen LogP) is 4.82. The summed E-state index contributed by atoms with van der Waals surface area (Å²) in [5.74, 6) is 1.52. The quantitative estimate of drug-likeness (QED) is 0.416. The van der Waals surface area contributed by atoms with Gasteiger partial charge in [-0.15, -0.1) is 10.2 Å². The zero-order valence-corrected chi connectivity index (χ0v) is 18.5. The number of hydrogen-bond acceptors (Lipinski definition) is 5. The molecule has 2 heterocycles. The summed E-state index contributed by atoms with van der Waals surface area (Å²) in [7, 11) is 0. The van der Waals surface area contributed by atoms with Gasteiger partial charge in [-0.1, -0.05) is 42.1 Å². The molecule has 6 nitrogen and oxygen atoms in total. The Kier molecular flexibility index (Phi) is 5.73. The Hall–Kier alpha value is -3.45. The topological polar surface area (TPSA) is 72.7 Å². The number of hydrogen-bond donors (Lipinski definition) is 1. The van der Waals surface area contributed by atoms with E-state index in [-0.39, 0.29) is 5.91 Å². The molecule has 0 bridgehead atoms. The minimum atomic E-state index is 0.00740. The van der Waals surface area contributed by atoms with Crippen LogP contribution in [-0.4, -0.2) is 31.7 Å². The van der Waals surface area contributed by atoms with E-state index in [2.05, 4.69) is 44.1 Å². The summed E-state index contributed by atoms with van der Waals surface area (Å²) >= 11 is 1.63. The SMILES string of the molecule is Cc1ccccc1-n1c(SCc2ccc(C(=O)NC3CC3)cc2)nnc1-c1ccncc1. The fraction of sp³-hybridized carbons (Fsp3) is 0.200. The minimum Gasteiger partial charge on any atom is -0.349 e. The summed E-state index contributed by atoms with van der Waals surface area (Å²) in [6.07, 6.45) is 5.70. The highest BCUT2D eigenvalue weighted by Gasteiger charge is 2.23. The lowest BCUT2D eigenvalue weighted by atomic mass is 10.1. The second-order valence-corrected chi connectivity index (χ2v) is 8.84. The van der Waals surface area contributed by atoms with Crippen molar-refractivity contribution in [3.63, 3.8) is 0 Å². The molecular formula is C25H23N5OS. The molecule has 4 aromatic rings. The number of rotatable bonds is 7. The van der Waals surface area contributed by atoms with Crippen LogP contribution in [0.2, 0.25) is 0 Å². The highest BCUT2D eigenvalue weighted by Crippen LogP contribution is 2.31. The molecule has 1 saturated carbocycles. The third-order valence-corrected chi connectivity index (χ3v) is 6.42. The fourth-order valence-electron chi connectivity index (χ4n) is 3.48. The molecular weight excluding hydrogens is 418 g/mol. The monoisotopic (exact) mass is 441 g/mol. The van der Waals surface area contributed by atoms with Crippen molar-refractivity contribution in [1.82, 2.24) is 25.1 Å². The van der Waals surface area contributed by atoms with Crippen LogP contribution in [0.15, 0.2) is 78.2 Å². The molecule has 1 aliphatic rings. The van der Waals surface area contributed by atoms with Gasteiger partial charge in [0.2, 0.25) is 0 Å². The number of para-hydroxylation sites is 1. The van der Waals surface area contributed by atoms with Crippen molar-refractivity contribution in [2.45, 2.75) is 36.7 Å². The van der Waals surface area contributed by atoms with Crippen LogP contribution in [0.1, 0.15) is 34.3 Å². The van der Waals surface area contributed by atoms with E-state index < -0.39 is 0 Å². The van der Waals surface area contributed by atoms with Gasteiger partial charge in [0.25, 0.3) is 5.91 Å². The molecule has 0 atom stereocenters. The Labute approximate surface area is 191 Å². The van der Waals surface area contributed by atoms with Crippen molar-refractivity contribution >= 4 is 17.7 Å². The number of aromatic nitrogens is 4. The molecule has 0 aliphatic heterocycles. The van der Waals surface area contributed by atoms with Crippen molar-refractivity contribution in [1.29, 1.82) is 0 Å². The molecule has 5 rings (SSSR count). The van der Waals surface area contributed by atoms with Crippen molar-refractivity contribution in [2.24, 2.45) is 0 Å². The second-order valence-electron chi connectivity index (χ2n) is 7.90. The van der Waals surface area contributed by atoms with Crippen molar-refractivity contribution in [3.8, 4) is 17.1 Å². The smallest absolute Gasteiger partial charge is 0.251 e. The lowest BCUT2D eigenvalue weighted by Gasteiger charge is -2.13. The normalized spacial score (nSPS) is 13.2. The molecule has 1 aliphatic carbocycles. The Bertz CT molecular complexity index is 1230. The zero-order valence-electron chi connectivity index (χ0n) is 17.7. The number of amides is 1. The minimum absolute atomic E-state index is 0.00740. The number of aryl methyl sites for hydroxylation is 1. The standard InChI is InChI=1S/C25H23N5OS/c1-17-4-2-3-5-22(17)30-23(19-12-14-26-15-13-19)28-29-25(30)32-16-18-6-8-20(9-7-18)24(31)27-21-10-11-21/h2-9,12-15,21H,10-11,16H2,1H3,(H,27,31). The molecule has 1 fully saturated rings. The molecule has 32 heavy (non-hydrogen) atoms. The lowest BCUT2D eigenvalue weighted by molar-refractivity contribution is 0.0951. The van der Waals surface area contributed by atoms with Gasteiger partial charge in [-0.05, 0) is 61.2 Å². The van der Waals surface area contributed by atoms with Crippen LogP contribution in [-0.2, 0) is 5.75 Å². The summed E-state index contributed by atoms with van der Waals surface area (Å²) in [6.45, 7) is 2.09. The maximum absolute atomic E-state index is 12.2. The number of carbonyl (C=O) groups excluding carboxylic acids is 1. The van der Waals surface area contributed by atoms with E-state index in [0.717, 1.165) is 52.0 Å². The van der Waals surface area contributed by atoms with E-state index in [1.165, 1.54) is 0 Å². The van der Waals surface area contributed by atoms with Crippen LogP contribution in [0.5, 0.6) is 0 Å². The number of nitrogens with one attached hydrogen (secondary N) is 1. The Morgan fingerprint density at radius 1 is 1.03 bits per heavy atom. The fourth-order valence-corrected chi connectivity index (χ4v) is 4.38. The largest absolute Gasteiger partial charge is 0.349 e. The van der Waals surface area contributed by atoms with Crippen LogP contribution < -0.4 is 5.32 Å². The van der Waals surface area contributed by atoms with Gasteiger partial charge in [0, 0.05) is 35.3 Å². The number of thioether (sulfide) groups is 1. The van der Waals surface area contributed by atoms with Crippen LogP contribution in [0.3, 0.4) is 0 Å². The summed E-state index contributed by atoms with van der Waals surface area (Å²) in [6, 6.07) is 20.3. The molecule has 0 unspecified atom stereocenters. The maximum Gasteiger partial charge on any atom is 0.251 e. The summed E-state index contributed by atoms with van der Waals surface area (Å²) in [5.41, 5.74) is 5.00. The summed E-state index contributed by atoms with van der Waals surface area (Å²) in [5, 5.41) is 12.8. The molecule has 1 amide bonds. The van der Waals surface area contributed by atoms with Crippen molar-refractivity contribution < 1.29 is 4.79 Å². The molecule has 1 N–H and O–H groups in total. The lowest BCUT2D eigenvalue weighted by Crippen LogP contribution is -2.25. The number of pyridine rings is 1. The van der Waals surface area contributed by atoms with Crippen LogP contribution in [0, 0.1) is 6.92 Å². The molecule has 2 aromatic heterocycles. The third kappa shape index (κ3) is 4.43. The first-order chi connectivity index (χ1) is 15.7. The van der Waals surface area contributed by atoms with Crippen molar-refractivity contribution in [2.75, 3.05) is 0 Å². The van der Waals surface area contributed by atoms with Crippen LogP contribution in [0.4, 0.5) is 0 Å². The zero-order chi connectivity index (χ0) is 21.9. The van der Waals surface area contributed by atoms with Crippen LogP contribution >= 0.6 is 11.8 Å². The average Bonchev–Trinajstić information content (AvgIpc) is 3.55. The van der Waals surface area contributed by atoms with Gasteiger partial charge in [0.05, 0.1) is 5.69 Å². The molecule has 7 heteroatoms. The third-order valence-electron chi connectivity index (χ3n) is 5.42. The number of carbonyl (C=O) groups is 1. The predicted molar refractivity (Wildman–Crippen MR) is 126 cm³/mol. The maximum atomic E-state index is 12.2. The van der Waals surface area contributed by atoms with E-state index in [9.17, 15) is 4.79 Å². The molecule has 2 aromatic carbocycles. The first-order valence-electron chi connectivity index (χ1n) is 10.6. The Morgan fingerprint density at radius 3 is 2.50 bits per heavy atom. The van der Waals surface area contributed by atoms with Gasteiger partial charge in [-0.2, -0.15) is 0 Å². The van der Waals surface area contributed by atoms with E-state index >= 15 is 0 Å².